The highest BCUT2D eigenvalue weighted by molar-refractivity contribution is 7.92. The topological polar surface area (TPSA) is 122 Å². The van der Waals surface area contributed by atoms with E-state index in [0.717, 1.165) is 11.8 Å². The standard InChI is InChI=1S/C14H21N3O5S/c1-23(20,21)16-11-4-2-10(3-5-11)14-12(8-18)17(7-6-15)13(19)9-22-14/h2-5,12,14,16,18H,6-9,15H2,1H3/t12-,14-/m1/s1. The van der Waals surface area contributed by atoms with Gasteiger partial charge in [-0.1, -0.05) is 12.1 Å². The second kappa shape index (κ2) is 7.26. The quantitative estimate of drug-likeness (QED) is 0.626. The van der Waals surface area contributed by atoms with Gasteiger partial charge in [-0.05, 0) is 17.7 Å². The fraction of sp³-hybridized carbons (Fsp3) is 0.500. The van der Waals surface area contributed by atoms with Crippen LogP contribution in [-0.2, 0) is 19.6 Å². The van der Waals surface area contributed by atoms with E-state index in [1.165, 1.54) is 4.90 Å². The van der Waals surface area contributed by atoms with Gasteiger partial charge in [0, 0.05) is 18.8 Å². The Bertz CT molecular complexity index is 647. The van der Waals surface area contributed by atoms with Crippen molar-refractivity contribution in [3.63, 3.8) is 0 Å². The van der Waals surface area contributed by atoms with Gasteiger partial charge in [0.15, 0.2) is 0 Å². The van der Waals surface area contributed by atoms with Crippen LogP contribution in [0.5, 0.6) is 0 Å². The van der Waals surface area contributed by atoms with Crippen LogP contribution in [-0.4, -0.2) is 62.9 Å². The maximum absolute atomic E-state index is 11.9. The summed E-state index contributed by atoms with van der Waals surface area (Å²) in [6, 6.07) is 6.11. The molecule has 0 bridgehead atoms. The number of carbonyl (C=O) groups is 1. The van der Waals surface area contributed by atoms with E-state index in [1.807, 2.05) is 0 Å². The van der Waals surface area contributed by atoms with E-state index in [4.69, 9.17) is 10.5 Å². The Hall–Kier alpha value is -1.68. The van der Waals surface area contributed by atoms with Crippen molar-refractivity contribution in [1.82, 2.24) is 4.90 Å². The van der Waals surface area contributed by atoms with Crippen LogP contribution < -0.4 is 10.5 Å². The molecule has 0 aromatic heterocycles. The summed E-state index contributed by atoms with van der Waals surface area (Å²) < 4.78 is 30.4. The highest BCUT2D eigenvalue weighted by Crippen LogP contribution is 2.29. The predicted molar refractivity (Wildman–Crippen MR) is 85.2 cm³/mol. The summed E-state index contributed by atoms with van der Waals surface area (Å²) in [5.41, 5.74) is 6.70. The van der Waals surface area contributed by atoms with E-state index in [9.17, 15) is 18.3 Å². The number of benzene rings is 1. The summed E-state index contributed by atoms with van der Waals surface area (Å²) in [5.74, 6) is -0.207. The van der Waals surface area contributed by atoms with E-state index in [-0.39, 0.29) is 19.1 Å². The molecular weight excluding hydrogens is 322 g/mol. The first kappa shape index (κ1) is 17.7. The number of morpholine rings is 1. The van der Waals surface area contributed by atoms with Gasteiger partial charge in [0.2, 0.25) is 15.9 Å². The lowest BCUT2D eigenvalue weighted by atomic mass is 9.99. The van der Waals surface area contributed by atoms with Gasteiger partial charge in [-0.2, -0.15) is 0 Å². The molecule has 4 N–H and O–H groups in total. The summed E-state index contributed by atoms with van der Waals surface area (Å²) in [6.45, 7) is 0.314. The number of nitrogens with one attached hydrogen (secondary N) is 1. The Morgan fingerprint density at radius 3 is 2.57 bits per heavy atom. The largest absolute Gasteiger partial charge is 0.394 e. The molecule has 1 amide bonds. The first-order valence-corrected chi connectivity index (χ1v) is 9.04. The van der Waals surface area contributed by atoms with Crippen molar-refractivity contribution in [2.75, 3.05) is 37.3 Å². The number of anilines is 1. The van der Waals surface area contributed by atoms with Gasteiger partial charge in [-0.3, -0.25) is 9.52 Å². The first-order chi connectivity index (χ1) is 10.9. The average molecular weight is 343 g/mol. The van der Waals surface area contributed by atoms with E-state index < -0.39 is 22.2 Å². The summed E-state index contributed by atoms with van der Waals surface area (Å²) in [5, 5.41) is 9.64. The fourth-order valence-electron chi connectivity index (χ4n) is 2.60. The lowest BCUT2D eigenvalue weighted by Gasteiger charge is -2.40. The number of ether oxygens (including phenoxy) is 1. The number of aliphatic hydroxyl groups excluding tert-OH is 1. The minimum Gasteiger partial charge on any atom is -0.394 e. The number of carbonyl (C=O) groups excluding carboxylic acids is 1. The number of amides is 1. The van der Waals surface area contributed by atoms with Gasteiger partial charge < -0.3 is 20.5 Å². The summed E-state index contributed by atoms with van der Waals surface area (Å²) >= 11 is 0. The molecule has 1 aromatic rings. The number of nitrogens with zero attached hydrogens (tertiary/aromatic N) is 1. The molecule has 1 heterocycles. The van der Waals surface area contributed by atoms with Crippen LogP contribution in [0.25, 0.3) is 0 Å². The minimum absolute atomic E-state index is 0.0789. The third-order valence-electron chi connectivity index (χ3n) is 3.56. The van der Waals surface area contributed by atoms with Gasteiger partial charge in [-0.15, -0.1) is 0 Å². The molecule has 23 heavy (non-hydrogen) atoms. The first-order valence-electron chi connectivity index (χ1n) is 7.15. The zero-order chi connectivity index (χ0) is 17.0. The maximum atomic E-state index is 11.9. The van der Waals surface area contributed by atoms with Crippen LogP contribution in [0.4, 0.5) is 5.69 Å². The van der Waals surface area contributed by atoms with Crippen LogP contribution in [0.1, 0.15) is 11.7 Å². The Morgan fingerprint density at radius 1 is 1.39 bits per heavy atom. The van der Waals surface area contributed by atoms with E-state index >= 15 is 0 Å². The maximum Gasteiger partial charge on any atom is 0.249 e. The Labute approximate surface area is 135 Å². The molecule has 9 heteroatoms. The fourth-order valence-corrected chi connectivity index (χ4v) is 3.16. The van der Waals surface area contributed by atoms with Crippen LogP contribution >= 0.6 is 0 Å². The summed E-state index contributed by atoms with van der Waals surface area (Å²) in [6.07, 6.45) is 0.583. The number of nitrogens with two attached hydrogens (primary N) is 1. The van der Waals surface area contributed by atoms with Crippen molar-refractivity contribution in [3.05, 3.63) is 29.8 Å². The van der Waals surface area contributed by atoms with Gasteiger partial charge in [0.25, 0.3) is 0 Å². The van der Waals surface area contributed by atoms with Gasteiger partial charge in [-0.25, -0.2) is 8.42 Å². The second-order valence-electron chi connectivity index (χ2n) is 5.35. The normalized spacial score (nSPS) is 22.2. The SMILES string of the molecule is CS(=O)(=O)Nc1ccc([C@H]2OCC(=O)N(CCN)[C@@H]2CO)cc1. The molecule has 128 valence electrons. The number of aliphatic hydroxyl groups is 1. The van der Waals surface area contributed by atoms with Gasteiger partial charge >= 0.3 is 0 Å². The van der Waals surface area contributed by atoms with Crippen LogP contribution in [0.15, 0.2) is 24.3 Å². The predicted octanol–water partition coefficient (Wildman–Crippen LogP) is -0.722. The Morgan fingerprint density at radius 2 is 2.04 bits per heavy atom. The molecule has 0 spiro atoms. The number of hydrogen-bond acceptors (Lipinski definition) is 6. The molecule has 2 rings (SSSR count). The van der Waals surface area contributed by atoms with Gasteiger partial charge in [0.05, 0.1) is 18.9 Å². The lowest BCUT2D eigenvalue weighted by Crippen LogP contribution is -2.54. The molecule has 0 unspecified atom stereocenters. The highest BCUT2D eigenvalue weighted by Gasteiger charge is 2.36. The molecule has 8 nitrogen and oxygen atoms in total. The number of sulfonamides is 1. The molecule has 0 radical (unpaired) electrons. The van der Waals surface area contributed by atoms with Crippen LogP contribution in [0.3, 0.4) is 0 Å². The Balaban J connectivity index is 2.20. The van der Waals surface area contributed by atoms with Crippen molar-refractivity contribution in [3.8, 4) is 0 Å². The third-order valence-corrected chi connectivity index (χ3v) is 4.16. The number of rotatable bonds is 6. The van der Waals surface area contributed by atoms with Crippen LogP contribution in [0.2, 0.25) is 0 Å². The molecule has 1 aromatic carbocycles. The highest BCUT2D eigenvalue weighted by atomic mass is 32.2. The van der Waals surface area contributed by atoms with Crippen molar-refractivity contribution < 1.29 is 23.1 Å². The van der Waals surface area contributed by atoms with E-state index in [0.29, 0.717) is 18.8 Å². The van der Waals surface area contributed by atoms with Crippen molar-refractivity contribution in [2.24, 2.45) is 5.73 Å². The van der Waals surface area contributed by atoms with Crippen molar-refractivity contribution in [1.29, 1.82) is 0 Å². The van der Waals surface area contributed by atoms with Crippen molar-refractivity contribution >= 4 is 21.6 Å². The summed E-state index contributed by atoms with van der Waals surface area (Å²) in [4.78, 5) is 13.4. The Kier molecular flexibility index (Phi) is 5.58. The molecule has 2 atom stereocenters. The monoisotopic (exact) mass is 343 g/mol. The molecule has 1 fully saturated rings. The zero-order valence-electron chi connectivity index (χ0n) is 12.8. The minimum atomic E-state index is -3.34. The molecule has 0 aliphatic carbocycles. The van der Waals surface area contributed by atoms with Crippen molar-refractivity contribution in [2.45, 2.75) is 12.1 Å². The average Bonchev–Trinajstić information content (AvgIpc) is 2.48. The second-order valence-corrected chi connectivity index (χ2v) is 7.10. The van der Waals surface area contributed by atoms with E-state index in [1.54, 1.807) is 24.3 Å². The lowest BCUT2D eigenvalue weighted by molar-refractivity contribution is -0.160. The molecular formula is C14H21N3O5S. The van der Waals surface area contributed by atoms with Crippen LogP contribution in [0, 0.1) is 0 Å². The molecule has 0 saturated carbocycles. The molecule has 1 aliphatic rings. The molecule has 1 aliphatic heterocycles. The third kappa shape index (κ3) is 4.41. The molecule has 1 saturated heterocycles. The summed E-state index contributed by atoms with van der Waals surface area (Å²) in [7, 11) is -3.34. The van der Waals surface area contributed by atoms with E-state index in [2.05, 4.69) is 4.72 Å². The zero-order valence-corrected chi connectivity index (χ0v) is 13.6. The smallest absolute Gasteiger partial charge is 0.249 e. The number of hydrogen-bond donors (Lipinski definition) is 3. The van der Waals surface area contributed by atoms with Gasteiger partial charge in [0.1, 0.15) is 12.7 Å².